The number of allylic oxidation sites excluding steroid dienone is 5. The van der Waals surface area contributed by atoms with Gasteiger partial charge in [-0.05, 0) is 0 Å². The number of benzene rings is 3. The zero-order valence-corrected chi connectivity index (χ0v) is 19.9. The Morgan fingerprint density at radius 3 is 0.750 bits per heavy atom. The fourth-order valence-electron chi connectivity index (χ4n) is 3.95. The highest BCUT2D eigenvalue weighted by Crippen LogP contribution is 2.57. The van der Waals surface area contributed by atoms with Gasteiger partial charge in [0, 0.05) is 16.7 Å². The van der Waals surface area contributed by atoms with Crippen molar-refractivity contribution < 1.29 is 70.2 Å². The van der Waals surface area contributed by atoms with Crippen LogP contribution in [-0.2, 0) is 0 Å². The average Bonchev–Trinajstić information content (AvgIpc) is 3.73. The van der Waals surface area contributed by atoms with E-state index in [-0.39, 0.29) is 0 Å². The standard InChI is InChI=1S/C26F16N2/c27-11(10-16(32)22(38)26(42)23(39)17(10)33)9-5(3(1-43)7-12(28)18(34)24(40)19(35)13(7)29)6(9)4(2-44)8-14(30)20(36)25(41)21(37)15(8)31/b5-3-,6-4+,11-9?. The predicted octanol–water partition coefficient (Wildman–Crippen LogP) is 8.42. The summed E-state index contributed by atoms with van der Waals surface area (Å²) in [5.74, 6) is -45.4. The summed E-state index contributed by atoms with van der Waals surface area (Å²) in [6.45, 7) is 0. The summed E-state index contributed by atoms with van der Waals surface area (Å²) in [6, 6.07) is 1.53. The van der Waals surface area contributed by atoms with E-state index in [4.69, 9.17) is 0 Å². The Hall–Kier alpha value is -5.26. The Labute approximate surface area is 231 Å². The van der Waals surface area contributed by atoms with Crippen molar-refractivity contribution in [1.29, 1.82) is 10.5 Å². The summed E-state index contributed by atoms with van der Waals surface area (Å²) in [4.78, 5) is 0. The second-order valence-electron chi connectivity index (χ2n) is 8.25. The number of nitriles is 2. The van der Waals surface area contributed by atoms with Gasteiger partial charge in [-0.3, -0.25) is 0 Å². The first-order valence-corrected chi connectivity index (χ1v) is 10.7. The second kappa shape index (κ2) is 10.8. The predicted molar refractivity (Wildman–Crippen MR) is 112 cm³/mol. The summed E-state index contributed by atoms with van der Waals surface area (Å²) >= 11 is 0. The highest BCUT2D eigenvalue weighted by Gasteiger charge is 2.46. The number of nitrogens with zero attached hydrogens (tertiary/aromatic N) is 2. The molecule has 2 nitrogen and oxygen atoms in total. The van der Waals surface area contributed by atoms with Gasteiger partial charge in [0.15, 0.2) is 69.8 Å². The SMILES string of the molecule is N#C/C(=C1\C(=C(F)c2c(F)c(F)c(F)c(F)c2F)\C1=C(\C#N)c1c(F)c(F)c(F)c(F)c1F)c1c(F)c(F)c(F)c(F)c1F. The van der Waals surface area contributed by atoms with Crippen LogP contribution in [0.25, 0.3) is 17.0 Å². The molecule has 18 heteroatoms. The van der Waals surface area contributed by atoms with Crippen LogP contribution in [0.5, 0.6) is 0 Å². The molecule has 0 atom stereocenters. The lowest BCUT2D eigenvalue weighted by Gasteiger charge is -2.07. The van der Waals surface area contributed by atoms with Gasteiger partial charge in [-0.25, -0.2) is 70.2 Å². The number of hydrogen-bond donors (Lipinski definition) is 0. The van der Waals surface area contributed by atoms with Gasteiger partial charge in [0.25, 0.3) is 0 Å². The maximum atomic E-state index is 15.6. The normalized spacial score (nSPS) is 16.0. The third kappa shape index (κ3) is 4.28. The van der Waals surface area contributed by atoms with Crippen LogP contribution in [0.1, 0.15) is 16.7 Å². The molecule has 3 aromatic carbocycles. The summed E-state index contributed by atoms with van der Waals surface area (Å²) in [5.41, 5.74) is -16.4. The van der Waals surface area contributed by atoms with E-state index in [1.54, 1.807) is 0 Å². The van der Waals surface area contributed by atoms with E-state index in [9.17, 15) is 76.4 Å². The molecule has 44 heavy (non-hydrogen) atoms. The molecule has 0 aromatic heterocycles. The van der Waals surface area contributed by atoms with Crippen molar-refractivity contribution in [3.8, 4) is 12.1 Å². The highest BCUT2D eigenvalue weighted by molar-refractivity contribution is 6.09. The monoisotopic (exact) mass is 644 g/mol. The average molecular weight is 644 g/mol. The minimum Gasteiger partial charge on any atom is -0.205 e. The van der Waals surface area contributed by atoms with Crippen LogP contribution < -0.4 is 0 Å². The largest absolute Gasteiger partial charge is 0.205 e. The molecule has 1 saturated carbocycles. The summed E-state index contributed by atoms with van der Waals surface area (Å²) in [5, 5.41) is 19.0. The summed E-state index contributed by atoms with van der Waals surface area (Å²) in [7, 11) is 0. The van der Waals surface area contributed by atoms with E-state index in [1.807, 2.05) is 0 Å². The van der Waals surface area contributed by atoms with Crippen LogP contribution in [0, 0.1) is 110 Å². The Kier molecular flexibility index (Phi) is 7.76. The van der Waals surface area contributed by atoms with E-state index >= 15 is 4.39 Å². The first-order valence-electron chi connectivity index (χ1n) is 10.7. The molecule has 226 valence electrons. The lowest BCUT2D eigenvalue weighted by atomic mass is 10.0. The van der Waals surface area contributed by atoms with Crippen LogP contribution in [0.2, 0.25) is 0 Å². The van der Waals surface area contributed by atoms with E-state index in [0.29, 0.717) is 0 Å². The lowest BCUT2D eigenvalue weighted by molar-refractivity contribution is 0.374. The van der Waals surface area contributed by atoms with Crippen LogP contribution in [-0.4, -0.2) is 0 Å². The van der Waals surface area contributed by atoms with Crippen molar-refractivity contribution in [3.63, 3.8) is 0 Å². The first-order chi connectivity index (χ1) is 20.5. The smallest absolute Gasteiger partial charge is 0.200 e. The molecule has 4 rings (SSSR count). The zero-order chi connectivity index (χ0) is 33.3. The molecular weight excluding hydrogens is 644 g/mol. The number of halogens is 16. The third-order valence-electron chi connectivity index (χ3n) is 5.98. The fourth-order valence-corrected chi connectivity index (χ4v) is 3.95. The van der Waals surface area contributed by atoms with Gasteiger partial charge >= 0.3 is 0 Å². The van der Waals surface area contributed by atoms with Crippen molar-refractivity contribution in [2.24, 2.45) is 0 Å². The van der Waals surface area contributed by atoms with Crippen molar-refractivity contribution in [2.45, 2.75) is 0 Å². The molecule has 0 aliphatic heterocycles. The molecule has 0 unspecified atom stereocenters. The van der Waals surface area contributed by atoms with E-state index < -0.39 is 138 Å². The molecule has 0 heterocycles. The maximum Gasteiger partial charge on any atom is 0.200 e. The molecule has 0 radical (unpaired) electrons. The maximum absolute atomic E-state index is 15.6. The highest BCUT2D eigenvalue weighted by atomic mass is 19.2. The molecule has 0 saturated heterocycles. The Balaban J connectivity index is 2.31. The second-order valence-corrected chi connectivity index (χ2v) is 8.25. The number of rotatable bonds is 3. The topological polar surface area (TPSA) is 47.6 Å². The molecule has 0 spiro atoms. The van der Waals surface area contributed by atoms with Crippen molar-refractivity contribution in [3.05, 3.63) is 121 Å². The van der Waals surface area contributed by atoms with Crippen molar-refractivity contribution in [1.82, 2.24) is 0 Å². The minimum absolute atomic E-state index is 0.763. The van der Waals surface area contributed by atoms with Gasteiger partial charge in [0.1, 0.15) is 18.0 Å². The van der Waals surface area contributed by atoms with Gasteiger partial charge in [-0.15, -0.1) is 0 Å². The first kappa shape index (κ1) is 31.7. The Morgan fingerprint density at radius 1 is 0.318 bits per heavy atom. The fraction of sp³-hybridized carbons (Fsp3) is 0. The molecule has 1 aliphatic rings. The zero-order valence-electron chi connectivity index (χ0n) is 19.9. The molecule has 0 N–H and O–H groups in total. The Morgan fingerprint density at radius 2 is 0.523 bits per heavy atom. The molecule has 0 amide bonds. The molecule has 0 bridgehead atoms. The van der Waals surface area contributed by atoms with Gasteiger partial charge < -0.3 is 0 Å². The lowest BCUT2D eigenvalue weighted by Crippen LogP contribution is -2.07. The van der Waals surface area contributed by atoms with Gasteiger partial charge in [0.2, 0.25) is 17.5 Å². The minimum atomic E-state index is -2.91. The number of hydrogen-bond acceptors (Lipinski definition) is 2. The quantitative estimate of drug-likeness (QED) is 0.125. The molecule has 3 aromatic rings. The van der Waals surface area contributed by atoms with E-state index in [2.05, 4.69) is 0 Å². The van der Waals surface area contributed by atoms with Gasteiger partial charge in [0.05, 0.1) is 27.8 Å². The van der Waals surface area contributed by atoms with Crippen LogP contribution in [0.15, 0.2) is 16.7 Å². The summed E-state index contributed by atoms with van der Waals surface area (Å²) in [6.07, 6.45) is 0. The van der Waals surface area contributed by atoms with Crippen molar-refractivity contribution in [2.75, 3.05) is 0 Å². The summed E-state index contributed by atoms with van der Waals surface area (Å²) < 4.78 is 226. The van der Waals surface area contributed by atoms with Crippen molar-refractivity contribution >= 4 is 17.0 Å². The third-order valence-corrected chi connectivity index (χ3v) is 5.98. The van der Waals surface area contributed by atoms with Crippen LogP contribution >= 0.6 is 0 Å². The van der Waals surface area contributed by atoms with Crippen LogP contribution in [0.4, 0.5) is 70.2 Å². The van der Waals surface area contributed by atoms with E-state index in [1.165, 1.54) is 0 Å². The van der Waals surface area contributed by atoms with Crippen LogP contribution in [0.3, 0.4) is 0 Å². The van der Waals surface area contributed by atoms with Gasteiger partial charge in [-0.2, -0.15) is 10.5 Å². The molecule has 1 aliphatic carbocycles. The Bertz CT molecular complexity index is 1850. The molecule has 1 fully saturated rings. The molecular formula is C26F16N2. The van der Waals surface area contributed by atoms with E-state index in [0.717, 1.165) is 12.1 Å². The van der Waals surface area contributed by atoms with Gasteiger partial charge in [-0.1, -0.05) is 0 Å².